The molecular weight excluding hydrogens is 377 g/mol. The fourth-order valence-electron chi connectivity index (χ4n) is 0.810. The predicted molar refractivity (Wildman–Crippen MR) is 40.8 cm³/mol. The van der Waals surface area contributed by atoms with Gasteiger partial charge in [0.2, 0.25) is 11.4 Å². The molecule has 0 saturated carbocycles. The van der Waals surface area contributed by atoms with Gasteiger partial charge in [-0.2, -0.15) is 0 Å². The van der Waals surface area contributed by atoms with Gasteiger partial charge in [-0.15, -0.1) is 0 Å². The summed E-state index contributed by atoms with van der Waals surface area (Å²) in [5.41, 5.74) is -2.07. The third-order valence-corrected chi connectivity index (χ3v) is 1.51. The van der Waals surface area contributed by atoms with Gasteiger partial charge in [0.1, 0.15) is 0 Å². The van der Waals surface area contributed by atoms with Gasteiger partial charge >= 0.3 is 11.9 Å². The molecule has 9 N–H and O–H groups in total. The van der Waals surface area contributed by atoms with Crippen molar-refractivity contribution in [3.8, 4) is 0 Å². The number of carbonyl (C=O) groups excluding carboxylic acids is 1. The van der Waals surface area contributed by atoms with Crippen LogP contribution >= 0.6 is 0 Å². The minimum Gasteiger partial charge on any atom is -0.479 e. The Hall–Kier alpha value is -0.982. The summed E-state index contributed by atoms with van der Waals surface area (Å²) >= 11 is 0. The molecule has 1 fully saturated rings. The largest absolute Gasteiger partial charge is 0.479 e. The molecule has 0 spiro atoms. The topological polar surface area (TPSA) is 174 Å². The van der Waals surface area contributed by atoms with E-state index in [-0.39, 0.29) is 33.4 Å². The number of rotatable bonds is 2. The van der Waals surface area contributed by atoms with Gasteiger partial charge in [0.15, 0.2) is 0 Å². The summed E-state index contributed by atoms with van der Waals surface area (Å²) in [5, 5.41) is 18.6. The molecule has 9 heteroatoms. The van der Waals surface area contributed by atoms with E-state index in [0.29, 0.717) is 0 Å². The number of amides is 1. The maximum Gasteiger partial charge on any atom is 0.341 e. The first kappa shape index (κ1) is 18.7. The van der Waals surface area contributed by atoms with Crippen LogP contribution in [0.3, 0.4) is 0 Å². The van der Waals surface area contributed by atoms with Crippen LogP contribution in [-0.4, -0.2) is 33.6 Å². The van der Waals surface area contributed by atoms with Crippen LogP contribution in [0.2, 0.25) is 0 Å². The molecule has 0 radical (unpaired) electrons. The SMILES string of the molecule is N.N.O=C1CC(C(=O)O)(C(=O)O)N1.[Pt]. The Kier molecular flexibility index (Phi) is 7.61. The van der Waals surface area contributed by atoms with Crippen molar-refractivity contribution in [1.82, 2.24) is 17.6 Å². The molecule has 1 aliphatic heterocycles. The second-order valence-corrected chi connectivity index (χ2v) is 2.24. The fourth-order valence-corrected chi connectivity index (χ4v) is 0.810. The molecule has 1 amide bonds. The summed E-state index contributed by atoms with van der Waals surface area (Å²) < 4.78 is 0. The van der Waals surface area contributed by atoms with E-state index in [2.05, 4.69) is 0 Å². The number of aliphatic carboxylic acids is 2. The zero-order valence-corrected chi connectivity index (χ0v) is 9.33. The first-order valence-corrected chi connectivity index (χ1v) is 2.77. The third kappa shape index (κ3) is 2.50. The van der Waals surface area contributed by atoms with Gasteiger partial charge in [0.25, 0.3) is 0 Å². The molecule has 8 nitrogen and oxygen atoms in total. The minimum atomic E-state index is -2.07. The fraction of sp³-hybridized carbons (Fsp3) is 0.400. The summed E-state index contributed by atoms with van der Waals surface area (Å²) in [6, 6.07) is 0. The van der Waals surface area contributed by atoms with Gasteiger partial charge in [0.05, 0.1) is 6.42 Å². The van der Waals surface area contributed by atoms with E-state index >= 15 is 0 Å². The Morgan fingerprint density at radius 1 is 1.21 bits per heavy atom. The zero-order chi connectivity index (χ0) is 8.65. The number of carboxylic acids is 2. The van der Waals surface area contributed by atoms with Crippen molar-refractivity contribution in [2.45, 2.75) is 12.0 Å². The molecule has 86 valence electrons. The van der Waals surface area contributed by atoms with E-state index in [1.165, 1.54) is 0 Å². The zero-order valence-electron chi connectivity index (χ0n) is 7.06. The first-order valence-electron chi connectivity index (χ1n) is 2.77. The van der Waals surface area contributed by atoms with Gasteiger partial charge in [-0.1, -0.05) is 0 Å². The van der Waals surface area contributed by atoms with Crippen LogP contribution < -0.4 is 17.6 Å². The van der Waals surface area contributed by atoms with E-state index in [1.807, 2.05) is 5.32 Å². The molecular formula is C5H11N3O5Pt. The van der Waals surface area contributed by atoms with Crippen molar-refractivity contribution in [3.63, 3.8) is 0 Å². The minimum absolute atomic E-state index is 0. The molecule has 1 heterocycles. The Bertz CT molecular complexity index is 232. The maximum absolute atomic E-state index is 10.3. The molecule has 1 aliphatic rings. The quantitative estimate of drug-likeness (QED) is 0.290. The van der Waals surface area contributed by atoms with Crippen LogP contribution in [-0.2, 0) is 35.4 Å². The molecule has 0 aromatic rings. The van der Waals surface area contributed by atoms with Crippen LogP contribution in [0, 0.1) is 0 Å². The third-order valence-electron chi connectivity index (χ3n) is 1.51. The van der Waals surface area contributed by atoms with Gasteiger partial charge in [-0.25, -0.2) is 9.59 Å². The molecule has 0 aliphatic carbocycles. The van der Waals surface area contributed by atoms with Crippen LogP contribution in [0.15, 0.2) is 0 Å². The van der Waals surface area contributed by atoms with Gasteiger partial charge in [0, 0.05) is 21.1 Å². The average molecular weight is 388 g/mol. The molecule has 0 atom stereocenters. The smallest absolute Gasteiger partial charge is 0.341 e. The van der Waals surface area contributed by atoms with Crippen molar-refractivity contribution in [1.29, 1.82) is 0 Å². The Morgan fingerprint density at radius 3 is 1.57 bits per heavy atom. The predicted octanol–water partition coefficient (Wildman–Crippen LogP) is -1.26. The van der Waals surface area contributed by atoms with Crippen molar-refractivity contribution >= 4 is 17.8 Å². The Labute approximate surface area is 93.5 Å². The summed E-state index contributed by atoms with van der Waals surface area (Å²) in [5.74, 6) is -3.64. The van der Waals surface area contributed by atoms with Crippen molar-refractivity contribution in [2.24, 2.45) is 0 Å². The molecule has 1 rings (SSSR count). The van der Waals surface area contributed by atoms with Gasteiger partial charge in [-0.05, 0) is 0 Å². The molecule has 0 aromatic heterocycles. The summed E-state index contributed by atoms with van der Waals surface area (Å²) in [7, 11) is 0. The van der Waals surface area contributed by atoms with E-state index in [9.17, 15) is 14.4 Å². The first-order chi connectivity index (χ1) is 4.99. The average Bonchev–Trinajstić information content (AvgIpc) is 1.78. The van der Waals surface area contributed by atoms with E-state index in [4.69, 9.17) is 10.2 Å². The number of hydrogen-bond donors (Lipinski definition) is 5. The van der Waals surface area contributed by atoms with E-state index < -0.39 is 29.8 Å². The van der Waals surface area contributed by atoms with Crippen LogP contribution in [0.5, 0.6) is 0 Å². The standard InChI is InChI=1S/C5H5NO5.2H3N.Pt/c7-2-1-5(6-2,3(8)9)4(10)11;;;/h1H2,(H,6,7)(H,8,9)(H,10,11);2*1H3;. The van der Waals surface area contributed by atoms with Crippen molar-refractivity contribution < 1.29 is 45.7 Å². The van der Waals surface area contributed by atoms with E-state index in [0.717, 1.165) is 0 Å². The van der Waals surface area contributed by atoms with Crippen molar-refractivity contribution in [3.05, 3.63) is 0 Å². The summed E-state index contributed by atoms with van der Waals surface area (Å²) in [6.45, 7) is 0. The van der Waals surface area contributed by atoms with Crippen LogP contribution in [0.4, 0.5) is 0 Å². The molecule has 14 heavy (non-hydrogen) atoms. The number of carbonyl (C=O) groups is 3. The second-order valence-electron chi connectivity index (χ2n) is 2.24. The van der Waals surface area contributed by atoms with Crippen molar-refractivity contribution in [2.75, 3.05) is 0 Å². The second kappa shape index (κ2) is 5.69. The Balaban J connectivity index is -0.000000403. The van der Waals surface area contributed by atoms with Crippen LogP contribution in [0.25, 0.3) is 0 Å². The summed E-state index contributed by atoms with van der Waals surface area (Å²) in [4.78, 5) is 30.9. The number of carboxylic acid groups (broad SMARTS) is 2. The normalized spacial score (nSPS) is 15.6. The summed E-state index contributed by atoms with van der Waals surface area (Å²) in [6.07, 6.45) is -0.488. The van der Waals surface area contributed by atoms with E-state index in [1.54, 1.807) is 0 Å². The maximum atomic E-state index is 10.3. The number of β-lactam (4-membered cyclic amide) rings is 1. The van der Waals surface area contributed by atoms with Gasteiger partial charge < -0.3 is 27.8 Å². The monoisotopic (exact) mass is 388 g/mol. The van der Waals surface area contributed by atoms with Gasteiger partial charge in [-0.3, -0.25) is 4.79 Å². The molecule has 0 bridgehead atoms. The molecule has 0 unspecified atom stereocenters. The number of hydrogen-bond acceptors (Lipinski definition) is 5. The molecule has 1 saturated heterocycles. The molecule has 0 aromatic carbocycles. The van der Waals surface area contributed by atoms with Crippen LogP contribution in [0.1, 0.15) is 6.42 Å². The number of nitrogens with one attached hydrogen (secondary N) is 1. The Morgan fingerprint density at radius 2 is 1.50 bits per heavy atom.